The first kappa shape index (κ1) is 13.6. The van der Waals surface area contributed by atoms with Crippen LogP contribution in [0, 0.1) is 5.92 Å². The third-order valence-electron chi connectivity index (χ3n) is 5.02. The van der Waals surface area contributed by atoms with Gasteiger partial charge in [0.05, 0.1) is 36.4 Å². The van der Waals surface area contributed by atoms with Crippen LogP contribution in [0.3, 0.4) is 0 Å². The van der Waals surface area contributed by atoms with Gasteiger partial charge in [-0.15, -0.1) is 0 Å². The minimum Gasteiger partial charge on any atom is -0.390 e. The first-order chi connectivity index (χ1) is 8.89. The van der Waals surface area contributed by atoms with Crippen LogP contribution in [0.4, 0.5) is 0 Å². The average Bonchev–Trinajstić information content (AvgIpc) is 3.22. The van der Waals surface area contributed by atoms with Crippen LogP contribution in [0.1, 0.15) is 40.0 Å². The van der Waals surface area contributed by atoms with Crippen LogP contribution in [0.5, 0.6) is 0 Å². The predicted octanol–water partition coefficient (Wildman–Crippen LogP) is 1.40. The number of rotatable bonds is 3. The van der Waals surface area contributed by atoms with Crippen molar-refractivity contribution in [3.63, 3.8) is 0 Å². The summed E-state index contributed by atoms with van der Waals surface area (Å²) in [5.74, 6) is -0.112. The number of aliphatic hydroxyl groups excluding tert-OH is 2. The number of aliphatic hydroxyl groups is 2. The molecule has 0 aromatic heterocycles. The van der Waals surface area contributed by atoms with Crippen LogP contribution < -0.4 is 0 Å². The summed E-state index contributed by atoms with van der Waals surface area (Å²) in [6.45, 7) is 6.89. The van der Waals surface area contributed by atoms with E-state index in [2.05, 4.69) is 19.9 Å². The zero-order valence-corrected chi connectivity index (χ0v) is 11.9. The molecule has 2 saturated heterocycles. The van der Waals surface area contributed by atoms with Crippen molar-refractivity contribution in [3.8, 4) is 0 Å². The van der Waals surface area contributed by atoms with Crippen molar-refractivity contribution in [3.05, 3.63) is 11.6 Å². The third kappa shape index (κ3) is 2.15. The molecule has 3 aliphatic rings. The molecule has 3 fully saturated rings. The average molecular weight is 268 g/mol. The van der Waals surface area contributed by atoms with E-state index in [1.807, 2.05) is 6.92 Å². The summed E-state index contributed by atoms with van der Waals surface area (Å²) in [5.41, 5.74) is 0.676. The highest BCUT2D eigenvalue weighted by atomic mass is 16.6. The zero-order valence-electron chi connectivity index (χ0n) is 11.9. The number of hydrogen-bond donors (Lipinski definition) is 2. The first-order valence-electron chi connectivity index (χ1n) is 7.20. The topological polar surface area (TPSA) is 65.5 Å². The van der Waals surface area contributed by atoms with Crippen LogP contribution in [0.2, 0.25) is 0 Å². The zero-order chi connectivity index (χ0) is 13.8. The van der Waals surface area contributed by atoms with Gasteiger partial charge in [-0.3, -0.25) is 0 Å². The Morgan fingerprint density at radius 1 is 1.37 bits per heavy atom. The van der Waals surface area contributed by atoms with Crippen molar-refractivity contribution in [1.82, 2.24) is 0 Å². The van der Waals surface area contributed by atoms with E-state index < -0.39 is 12.2 Å². The monoisotopic (exact) mass is 268 g/mol. The largest absolute Gasteiger partial charge is 0.390 e. The smallest absolute Gasteiger partial charge is 0.101 e. The summed E-state index contributed by atoms with van der Waals surface area (Å²) in [7, 11) is 0. The molecular formula is C15H24O4. The SMILES string of the molecule is CC(C)=CC[C@@H]1O[C@]1(C)[C@@H]1[C@H](O)[C@@H](O)CC[C@]12CO2. The van der Waals surface area contributed by atoms with Crippen molar-refractivity contribution >= 4 is 0 Å². The molecule has 0 unspecified atom stereocenters. The lowest BCUT2D eigenvalue weighted by molar-refractivity contribution is -0.0976. The summed E-state index contributed by atoms with van der Waals surface area (Å²) in [6.07, 6.45) is 3.23. The molecule has 3 rings (SSSR count). The molecule has 1 aliphatic carbocycles. The summed E-state index contributed by atoms with van der Waals surface area (Å²) in [4.78, 5) is 0. The number of ether oxygens (including phenoxy) is 2. The maximum Gasteiger partial charge on any atom is 0.101 e. The van der Waals surface area contributed by atoms with Gasteiger partial charge in [-0.25, -0.2) is 0 Å². The minimum absolute atomic E-state index is 0.112. The van der Waals surface area contributed by atoms with Gasteiger partial charge >= 0.3 is 0 Å². The second-order valence-electron chi connectivity index (χ2n) is 6.74. The number of allylic oxidation sites excluding steroid dienone is 1. The van der Waals surface area contributed by atoms with Gasteiger partial charge in [0.1, 0.15) is 5.60 Å². The highest BCUT2D eigenvalue weighted by molar-refractivity contribution is 5.20. The molecule has 1 spiro atoms. The van der Waals surface area contributed by atoms with Gasteiger partial charge in [-0.2, -0.15) is 0 Å². The number of epoxide rings is 2. The predicted molar refractivity (Wildman–Crippen MR) is 70.7 cm³/mol. The molecule has 1 saturated carbocycles. The fraction of sp³-hybridized carbons (Fsp3) is 0.867. The van der Waals surface area contributed by atoms with Gasteiger partial charge in [0, 0.05) is 0 Å². The van der Waals surface area contributed by atoms with Crippen molar-refractivity contribution in [1.29, 1.82) is 0 Å². The van der Waals surface area contributed by atoms with E-state index in [4.69, 9.17) is 9.47 Å². The Hall–Kier alpha value is -0.420. The maximum absolute atomic E-state index is 10.4. The van der Waals surface area contributed by atoms with Crippen molar-refractivity contribution in [2.75, 3.05) is 6.61 Å². The second kappa shape index (κ2) is 4.29. The van der Waals surface area contributed by atoms with Gasteiger partial charge in [0.25, 0.3) is 0 Å². The molecule has 0 radical (unpaired) electrons. The van der Waals surface area contributed by atoms with Gasteiger partial charge in [-0.05, 0) is 40.0 Å². The van der Waals surface area contributed by atoms with E-state index in [0.717, 1.165) is 12.8 Å². The molecule has 19 heavy (non-hydrogen) atoms. The van der Waals surface area contributed by atoms with Gasteiger partial charge in [0.15, 0.2) is 0 Å². The Balaban J connectivity index is 1.75. The summed E-state index contributed by atoms with van der Waals surface area (Å²) in [6, 6.07) is 0. The third-order valence-corrected chi connectivity index (χ3v) is 5.02. The van der Waals surface area contributed by atoms with Crippen LogP contribution >= 0.6 is 0 Å². The molecule has 0 aromatic carbocycles. The Bertz CT molecular complexity index is 397. The lowest BCUT2D eigenvalue weighted by atomic mass is 9.68. The molecule has 2 N–H and O–H groups in total. The minimum atomic E-state index is -0.738. The van der Waals surface area contributed by atoms with Gasteiger partial charge in [-0.1, -0.05) is 11.6 Å². The van der Waals surface area contributed by atoms with E-state index in [1.165, 1.54) is 5.57 Å². The van der Waals surface area contributed by atoms with E-state index in [0.29, 0.717) is 13.0 Å². The maximum atomic E-state index is 10.4. The molecule has 4 nitrogen and oxygen atoms in total. The molecular weight excluding hydrogens is 244 g/mol. The van der Waals surface area contributed by atoms with Gasteiger partial charge < -0.3 is 19.7 Å². The molecule has 6 atom stereocenters. The number of hydrogen-bond acceptors (Lipinski definition) is 4. The molecule has 108 valence electrons. The van der Waals surface area contributed by atoms with Crippen LogP contribution in [0.15, 0.2) is 11.6 Å². The molecule has 2 aliphatic heterocycles. The fourth-order valence-corrected chi connectivity index (χ4v) is 3.70. The fourth-order valence-electron chi connectivity index (χ4n) is 3.70. The van der Waals surface area contributed by atoms with E-state index >= 15 is 0 Å². The quantitative estimate of drug-likeness (QED) is 0.600. The highest BCUT2D eigenvalue weighted by Crippen LogP contribution is 2.58. The second-order valence-corrected chi connectivity index (χ2v) is 6.74. The van der Waals surface area contributed by atoms with Crippen molar-refractivity contribution < 1.29 is 19.7 Å². The lowest BCUT2D eigenvalue weighted by Crippen LogP contribution is -2.53. The molecule has 0 aromatic rings. The first-order valence-corrected chi connectivity index (χ1v) is 7.20. The molecule has 4 heteroatoms. The summed E-state index contributed by atoms with van der Waals surface area (Å²) in [5, 5.41) is 20.3. The van der Waals surface area contributed by atoms with E-state index in [-0.39, 0.29) is 23.2 Å². The Morgan fingerprint density at radius 3 is 2.63 bits per heavy atom. The highest BCUT2D eigenvalue weighted by Gasteiger charge is 2.71. The van der Waals surface area contributed by atoms with E-state index in [1.54, 1.807) is 0 Å². The van der Waals surface area contributed by atoms with Crippen molar-refractivity contribution in [2.45, 2.75) is 69.5 Å². The summed E-state index contributed by atoms with van der Waals surface area (Å²) < 4.78 is 11.5. The van der Waals surface area contributed by atoms with E-state index in [9.17, 15) is 10.2 Å². The Kier molecular flexibility index (Phi) is 3.06. The van der Waals surface area contributed by atoms with Gasteiger partial charge in [0.2, 0.25) is 0 Å². The lowest BCUT2D eigenvalue weighted by Gasteiger charge is -2.39. The molecule has 0 bridgehead atoms. The molecule has 0 amide bonds. The molecule has 2 heterocycles. The summed E-state index contributed by atoms with van der Waals surface area (Å²) >= 11 is 0. The standard InChI is InChI=1S/C15H24O4/c1-9(2)4-5-11-14(3,19-11)13-12(17)10(16)6-7-15(13)8-18-15/h4,10-13,16-17H,5-8H2,1-3H3/t10-,11-,12+,13-,14-,15-/m0/s1. The van der Waals surface area contributed by atoms with Crippen LogP contribution in [-0.4, -0.2) is 46.3 Å². The Morgan fingerprint density at radius 2 is 2.05 bits per heavy atom. The normalized spacial score (nSPS) is 52.1. The van der Waals surface area contributed by atoms with Crippen molar-refractivity contribution in [2.24, 2.45) is 5.92 Å². The van der Waals surface area contributed by atoms with Crippen LogP contribution in [0.25, 0.3) is 0 Å². The van der Waals surface area contributed by atoms with Crippen LogP contribution in [-0.2, 0) is 9.47 Å². The Labute approximate surface area is 114 Å².